The zero-order valence-electron chi connectivity index (χ0n) is 14.3. The first-order chi connectivity index (χ1) is 12.8. The van der Waals surface area contributed by atoms with Gasteiger partial charge in [0.1, 0.15) is 17.9 Å². The standard InChI is InChI=1S/C20H15Cl2NO4/c1-11-19-13-4-8-18(24)27-16(13)7-5-15(19)23(2)20(11,25)10-26-17-6-3-12(21)9-14(17)22/h3-9,25H,1,10H2,2H3. The topological polar surface area (TPSA) is 62.9 Å². The summed E-state index contributed by atoms with van der Waals surface area (Å²) in [5, 5.41) is 12.9. The highest BCUT2D eigenvalue weighted by atomic mass is 35.5. The molecule has 0 aliphatic carbocycles. The molecular formula is C20H15Cl2NO4. The van der Waals surface area contributed by atoms with Crippen molar-refractivity contribution in [3.63, 3.8) is 0 Å². The van der Waals surface area contributed by atoms with Gasteiger partial charge in [0.05, 0.1) is 5.02 Å². The van der Waals surface area contributed by atoms with Crippen molar-refractivity contribution in [3.8, 4) is 5.75 Å². The van der Waals surface area contributed by atoms with Crippen molar-refractivity contribution in [2.75, 3.05) is 18.6 Å². The smallest absolute Gasteiger partial charge is 0.336 e. The van der Waals surface area contributed by atoms with Gasteiger partial charge in [0.25, 0.3) is 0 Å². The molecule has 3 aromatic rings. The highest BCUT2D eigenvalue weighted by Gasteiger charge is 2.45. The Hall–Kier alpha value is -2.47. The number of halogens is 2. The summed E-state index contributed by atoms with van der Waals surface area (Å²) in [7, 11) is 1.74. The van der Waals surface area contributed by atoms with Gasteiger partial charge in [0, 0.05) is 40.3 Å². The Kier molecular flexibility index (Phi) is 4.18. The molecule has 0 fully saturated rings. The van der Waals surface area contributed by atoms with Crippen LogP contribution in [-0.4, -0.2) is 24.5 Å². The first-order valence-electron chi connectivity index (χ1n) is 8.12. The van der Waals surface area contributed by atoms with Crippen LogP contribution < -0.4 is 15.3 Å². The van der Waals surface area contributed by atoms with E-state index < -0.39 is 11.4 Å². The molecule has 0 bridgehead atoms. The first-order valence-corrected chi connectivity index (χ1v) is 8.87. The molecule has 1 aromatic heterocycles. The van der Waals surface area contributed by atoms with E-state index in [1.54, 1.807) is 48.3 Å². The lowest BCUT2D eigenvalue weighted by Crippen LogP contribution is -2.48. The number of hydrogen-bond donors (Lipinski definition) is 1. The van der Waals surface area contributed by atoms with Crippen LogP contribution in [-0.2, 0) is 0 Å². The lowest BCUT2D eigenvalue weighted by molar-refractivity contribution is 0.0523. The van der Waals surface area contributed by atoms with E-state index in [9.17, 15) is 9.90 Å². The number of rotatable bonds is 3. The van der Waals surface area contributed by atoms with E-state index in [1.807, 2.05) is 0 Å². The summed E-state index contributed by atoms with van der Waals surface area (Å²) in [5.41, 5.74) is 0.429. The van der Waals surface area contributed by atoms with Crippen molar-refractivity contribution in [2.24, 2.45) is 0 Å². The molecule has 0 saturated heterocycles. The molecule has 1 atom stereocenters. The molecule has 0 amide bonds. The van der Waals surface area contributed by atoms with Gasteiger partial charge < -0.3 is 19.2 Å². The summed E-state index contributed by atoms with van der Waals surface area (Å²) in [4.78, 5) is 13.2. The fraction of sp³-hybridized carbons (Fsp3) is 0.150. The van der Waals surface area contributed by atoms with Crippen molar-refractivity contribution in [1.29, 1.82) is 0 Å². The average Bonchev–Trinajstić information content (AvgIpc) is 2.82. The Labute approximate surface area is 165 Å². The van der Waals surface area contributed by atoms with Crippen LogP contribution in [0.15, 0.2) is 58.3 Å². The van der Waals surface area contributed by atoms with Crippen molar-refractivity contribution in [1.82, 2.24) is 0 Å². The van der Waals surface area contributed by atoms with Gasteiger partial charge in [-0.1, -0.05) is 29.8 Å². The zero-order chi connectivity index (χ0) is 19.3. The molecule has 0 saturated carbocycles. The quantitative estimate of drug-likeness (QED) is 0.659. The summed E-state index contributed by atoms with van der Waals surface area (Å²) >= 11 is 12.0. The SMILES string of the molecule is C=C1c2c(ccc3oc(=O)ccc23)N(C)C1(O)COc1ccc(Cl)cc1Cl. The second-order valence-corrected chi connectivity index (χ2v) is 7.19. The summed E-state index contributed by atoms with van der Waals surface area (Å²) in [6, 6.07) is 11.4. The second-order valence-electron chi connectivity index (χ2n) is 6.34. The maximum absolute atomic E-state index is 11.5. The molecule has 1 aliphatic rings. The van der Waals surface area contributed by atoms with Crippen molar-refractivity contribution < 1.29 is 14.3 Å². The predicted molar refractivity (Wildman–Crippen MR) is 107 cm³/mol. The van der Waals surface area contributed by atoms with E-state index in [1.165, 1.54) is 6.07 Å². The summed E-state index contributed by atoms with van der Waals surface area (Å²) < 4.78 is 11.0. The van der Waals surface area contributed by atoms with Crippen molar-refractivity contribution >= 4 is 45.4 Å². The molecular weight excluding hydrogens is 389 g/mol. The minimum atomic E-state index is -1.49. The van der Waals surface area contributed by atoms with Crippen molar-refractivity contribution in [2.45, 2.75) is 5.72 Å². The van der Waals surface area contributed by atoms with Crippen molar-refractivity contribution in [3.05, 3.63) is 75.1 Å². The highest BCUT2D eigenvalue weighted by molar-refractivity contribution is 6.35. The van der Waals surface area contributed by atoms with Crippen LogP contribution in [0.1, 0.15) is 5.56 Å². The van der Waals surface area contributed by atoms with E-state index in [-0.39, 0.29) is 6.61 Å². The predicted octanol–water partition coefficient (Wildman–Crippen LogP) is 4.33. The molecule has 2 heterocycles. The molecule has 2 aromatic carbocycles. The van der Waals surface area contributed by atoms with E-state index >= 15 is 0 Å². The van der Waals surface area contributed by atoms with E-state index in [0.717, 1.165) is 5.69 Å². The number of hydrogen-bond acceptors (Lipinski definition) is 5. The number of ether oxygens (including phenoxy) is 1. The summed E-state index contributed by atoms with van der Waals surface area (Å²) in [5.74, 6) is 0.405. The Balaban J connectivity index is 1.72. The van der Waals surface area contributed by atoms with Crippen LogP contribution in [0.25, 0.3) is 16.5 Å². The maximum Gasteiger partial charge on any atom is 0.336 e. The normalized spacial score (nSPS) is 18.8. The van der Waals surface area contributed by atoms with Crippen LogP contribution in [0.4, 0.5) is 5.69 Å². The summed E-state index contributed by atoms with van der Waals surface area (Å²) in [6.07, 6.45) is 0. The molecule has 7 heteroatoms. The minimum absolute atomic E-state index is 0.101. The van der Waals surface area contributed by atoms with E-state index in [4.69, 9.17) is 32.4 Å². The van der Waals surface area contributed by atoms with Gasteiger partial charge >= 0.3 is 5.63 Å². The Morgan fingerprint density at radius 1 is 1.22 bits per heavy atom. The number of likely N-dealkylation sites (N-methyl/N-ethyl adjacent to an activating group) is 1. The Morgan fingerprint density at radius 3 is 2.74 bits per heavy atom. The average molecular weight is 404 g/mol. The van der Waals surface area contributed by atoms with E-state index in [0.29, 0.717) is 37.9 Å². The number of aliphatic hydroxyl groups is 1. The van der Waals surface area contributed by atoms with Gasteiger partial charge in [0.2, 0.25) is 0 Å². The fourth-order valence-electron chi connectivity index (χ4n) is 3.29. The lowest BCUT2D eigenvalue weighted by Gasteiger charge is -2.33. The second kappa shape index (κ2) is 6.30. The monoisotopic (exact) mass is 403 g/mol. The molecule has 1 unspecified atom stereocenters. The number of benzene rings is 2. The van der Waals surface area contributed by atoms with Gasteiger partial charge in [-0.05, 0) is 36.4 Å². The maximum atomic E-state index is 11.5. The van der Waals surface area contributed by atoms with Crippen LogP contribution in [0.5, 0.6) is 5.75 Å². The van der Waals surface area contributed by atoms with Gasteiger partial charge in [-0.15, -0.1) is 0 Å². The number of anilines is 1. The third kappa shape index (κ3) is 2.79. The largest absolute Gasteiger partial charge is 0.487 e. The van der Waals surface area contributed by atoms with Crippen LogP contribution >= 0.6 is 23.2 Å². The molecule has 1 aliphatic heterocycles. The third-order valence-corrected chi connectivity index (χ3v) is 5.33. The molecule has 27 heavy (non-hydrogen) atoms. The zero-order valence-corrected chi connectivity index (χ0v) is 15.8. The van der Waals surface area contributed by atoms with Gasteiger partial charge in [0.15, 0.2) is 5.72 Å². The van der Waals surface area contributed by atoms with Crippen LogP contribution in [0, 0.1) is 0 Å². The van der Waals surface area contributed by atoms with Crippen LogP contribution in [0.3, 0.4) is 0 Å². The van der Waals surface area contributed by atoms with Gasteiger partial charge in [-0.2, -0.15) is 0 Å². The number of fused-ring (bicyclic) bond motifs is 3. The summed E-state index contributed by atoms with van der Waals surface area (Å²) in [6.45, 7) is 3.97. The Morgan fingerprint density at radius 2 is 2.00 bits per heavy atom. The first kappa shape index (κ1) is 17.9. The van der Waals surface area contributed by atoms with Crippen LogP contribution in [0.2, 0.25) is 10.0 Å². The van der Waals surface area contributed by atoms with E-state index in [2.05, 4.69) is 6.58 Å². The molecule has 1 N–H and O–H groups in total. The van der Waals surface area contributed by atoms with Gasteiger partial charge in [-0.3, -0.25) is 0 Å². The third-order valence-electron chi connectivity index (χ3n) is 4.80. The Bertz CT molecular complexity index is 1140. The molecule has 0 radical (unpaired) electrons. The highest BCUT2D eigenvalue weighted by Crippen LogP contribution is 2.47. The fourth-order valence-corrected chi connectivity index (χ4v) is 3.75. The molecule has 138 valence electrons. The minimum Gasteiger partial charge on any atom is -0.487 e. The molecule has 4 rings (SSSR count). The number of nitrogens with zero attached hydrogens (tertiary/aromatic N) is 1. The molecule has 0 spiro atoms. The molecule has 5 nitrogen and oxygen atoms in total. The van der Waals surface area contributed by atoms with Gasteiger partial charge in [-0.25, -0.2) is 4.79 Å². The lowest BCUT2D eigenvalue weighted by atomic mass is 9.98.